The highest BCUT2D eigenvalue weighted by Gasteiger charge is 2.06. The van der Waals surface area contributed by atoms with Gasteiger partial charge in [-0.2, -0.15) is 5.26 Å². The summed E-state index contributed by atoms with van der Waals surface area (Å²) in [4.78, 5) is 0. The number of anilines is 2. The first kappa shape index (κ1) is 13.2. The van der Waals surface area contributed by atoms with E-state index in [0.29, 0.717) is 21.3 Å². The number of hydrogen-bond acceptors (Lipinski definition) is 2. The third-order valence-corrected chi connectivity index (χ3v) is 3.46. The average Bonchev–Trinajstić information content (AvgIpc) is 2.34. The zero-order valence-electron chi connectivity index (χ0n) is 9.05. The molecule has 1 N–H and O–H groups in total. The molecule has 5 heteroatoms. The molecule has 0 saturated heterocycles. The van der Waals surface area contributed by atoms with Gasteiger partial charge >= 0.3 is 0 Å². The highest BCUT2D eigenvalue weighted by Crippen LogP contribution is 2.31. The molecule has 0 amide bonds. The summed E-state index contributed by atoms with van der Waals surface area (Å²) in [7, 11) is 0. The van der Waals surface area contributed by atoms with Crippen molar-refractivity contribution < 1.29 is 0 Å². The maximum absolute atomic E-state index is 9.04. The highest BCUT2D eigenvalue weighted by molar-refractivity contribution is 9.10. The summed E-state index contributed by atoms with van der Waals surface area (Å²) in [6.07, 6.45) is 0. The molecule has 90 valence electrons. The molecule has 0 aliphatic carbocycles. The fraction of sp³-hybridized carbons (Fsp3) is 0. The molecule has 18 heavy (non-hydrogen) atoms. The number of halogens is 3. The van der Waals surface area contributed by atoms with E-state index in [1.54, 1.807) is 30.3 Å². The maximum Gasteiger partial charge on any atom is 0.101 e. The smallest absolute Gasteiger partial charge is 0.101 e. The summed E-state index contributed by atoms with van der Waals surface area (Å²) >= 11 is 15.3. The summed E-state index contributed by atoms with van der Waals surface area (Å²) in [6.45, 7) is 0. The topological polar surface area (TPSA) is 35.8 Å². The molecule has 0 aliphatic rings. The zero-order valence-corrected chi connectivity index (χ0v) is 12.1. The Balaban J connectivity index is 2.43. The number of nitrogens with zero attached hydrogens (tertiary/aromatic N) is 1. The quantitative estimate of drug-likeness (QED) is 0.796. The Labute approximate surface area is 123 Å². The lowest BCUT2D eigenvalue weighted by molar-refractivity contribution is 1.45. The Hall–Kier alpha value is -1.21. The van der Waals surface area contributed by atoms with E-state index in [9.17, 15) is 0 Å². The van der Waals surface area contributed by atoms with Crippen molar-refractivity contribution >= 4 is 50.5 Å². The molecule has 0 atom stereocenters. The van der Waals surface area contributed by atoms with Crippen molar-refractivity contribution in [2.24, 2.45) is 0 Å². The minimum Gasteiger partial charge on any atom is -0.353 e. The summed E-state index contributed by atoms with van der Waals surface area (Å²) < 4.78 is 0.857. The lowest BCUT2D eigenvalue weighted by Crippen LogP contribution is -1.94. The SMILES string of the molecule is N#Cc1ccc(Cl)cc1Nc1cc(Cl)ccc1Br. The van der Waals surface area contributed by atoms with Crippen LogP contribution in [0.5, 0.6) is 0 Å². The van der Waals surface area contributed by atoms with Crippen molar-refractivity contribution in [3.63, 3.8) is 0 Å². The van der Waals surface area contributed by atoms with E-state index in [1.807, 2.05) is 6.07 Å². The molecule has 2 rings (SSSR count). The third kappa shape index (κ3) is 2.97. The second-order valence-corrected chi connectivity index (χ2v) is 5.28. The standard InChI is InChI=1S/C13H7BrCl2N2/c14-11-4-3-10(16)6-13(11)18-12-5-9(15)2-1-8(12)7-17/h1-6,18H. The van der Waals surface area contributed by atoms with E-state index in [1.165, 1.54) is 0 Å². The molecule has 0 fully saturated rings. The molecule has 0 unspecified atom stereocenters. The first-order valence-electron chi connectivity index (χ1n) is 5.02. The van der Waals surface area contributed by atoms with Crippen LogP contribution in [0.25, 0.3) is 0 Å². The molecule has 0 aliphatic heterocycles. The van der Waals surface area contributed by atoms with Crippen LogP contribution in [0.3, 0.4) is 0 Å². The summed E-state index contributed by atoms with van der Waals surface area (Å²) in [5.41, 5.74) is 1.94. The Morgan fingerprint density at radius 3 is 2.28 bits per heavy atom. The van der Waals surface area contributed by atoms with E-state index in [-0.39, 0.29) is 0 Å². The van der Waals surface area contributed by atoms with Crippen LogP contribution in [0.1, 0.15) is 5.56 Å². The van der Waals surface area contributed by atoms with Gasteiger partial charge in [0.2, 0.25) is 0 Å². The van der Waals surface area contributed by atoms with E-state index in [0.717, 1.165) is 10.2 Å². The van der Waals surface area contributed by atoms with Crippen molar-refractivity contribution in [2.45, 2.75) is 0 Å². The number of benzene rings is 2. The van der Waals surface area contributed by atoms with Gasteiger partial charge < -0.3 is 5.32 Å². The fourth-order valence-electron chi connectivity index (χ4n) is 1.46. The van der Waals surface area contributed by atoms with E-state index in [4.69, 9.17) is 28.5 Å². The molecule has 2 nitrogen and oxygen atoms in total. The van der Waals surface area contributed by atoms with Gasteiger partial charge in [-0.3, -0.25) is 0 Å². The van der Waals surface area contributed by atoms with Crippen molar-refractivity contribution in [1.29, 1.82) is 5.26 Å². The second-order valence-electron chi connectivity index (χ2n) is 3.55. The number of nitrogens with one attached hydrogen (secondary N) is 1. The molecule has 2 aromatic carbocycles. The summed E-state index contributed by atoms with van der Waals surface area (Å²) in [6, 6.07) is 12.5. The molecule has 0 radical (unpaired) electrons. The first-order valence-corrected chi connectivity index (χ1v) is 6.57. The normalized spacial score (nSPS) is 9.89. The van der Waals surface area contributed by atoms with Gasteiger partial charge in [-0.1, -0.05) is 23.2 Å². The molecule has 0 aromatic heterocycles. The number of hydrogen-bond donors (Lipinski definition) is 1. The zero-order chi connectivity index (χ0) is 13.1. The predicted molar refractivity (Wildman–Crippen MR) is 78.6 cm³/mol. The van der Waals surface area contributed by atoms with E-state index >= 15 is 0 Å². The number of nitriles is 1. The molecule has 0 spiro atoms. The average molecular weight is 342 g/mol. The minimum atomic E-state index is 0.520. The van der Waals surface area contributed by atoms with Crippen LogP contribution in [0.15, 0.2) is 40.9 Å². The Morgan fingerprint density at radius 2 is 1.61 bits per heavy atom. The lowest BCUT2D eigenvalue weighted by atomic mass is 10.2. The van der Waals surface area contributed by atoms with Gasteiger partial charge in [0, 0.05) is 14.5 Å². The van der Waals surface area contributed by atoms with Crippen molar-refractivity contribution in [2.75, 3.05) is 5.32 Å². The minimum absolute atomic E-state index is 0.520. The van der Waals surface area contributed by atoms with Crippen LogP contribution in [0.4, 0.5) is 11.4 Å². The third-order valence-electron chi connectivity index (χ3n) is 2.30. The predicted octanol–water partition coefficient (Wildman–Crippen LogP) is 5.37. The Bertz CT molecular complexity index is 635. The fourth-order valence-corrected chi connectivity index (χ4v) is 2.15. The highest BCUT2D eigenvalue weighted by atomic mass is 79.9. The van der Waals surface area contributed by atoms with Crippen LogP contribution in [-0.2, 0) is 0 Å². The lowest BCUT2D eigenvalue weighted by Gasteiger charge is -2.10. The van der Waals surface area contributed by atoms with Gasteiger partial charge in [0.15, 0.2) is 0 Å². The second kappa shape index (κ2) is 5.62. The Kier molecular flexibility index (Phi) is 4.13. The monoisotopic (exact) mass is 340 g/mol. The van der Waals surface area contributed by atoms with Gasteiger partial charge in [0.25, 0.3) is 0 Å². The van der Waals surface area contributed by atoms with E-state index < -0.39 is 0 Å². The summed E-state index contributed by atoms with van der Waals surface area (Å²) in [5.74, 6) is 0. The van der Waals surface area contributed by atoms with Crippen LogP contribution < -0.4 is 5.32 Å². The van der Waals surface area contributed by atoms with Crippen LogP contribution in [-0.4, -0.2) is 0 Å². The molecule has 2 aromatic rings. The van der Waals surface area contributed by atoms with Crippen LogP contribution in [0, 0.1) is 11.3 Å². The van der Waals surface area contributed by atoms with Gasteiger partial charge in [-0.05, 0) is 52.3 Å². The van der Waals surface area contributed by atoms with Gasteiger partial charge in [-0.15, -0.1) is 0 Å². The molecular formula is C13H7BrCl2N2. The van der Waals surface area contributed by atoms with Crippen molar-refractivity contribution in [3.05, 3.63) is 56.5 Å². The molecule has 0 saturated carbocycles. The first-order chi connectivity index (χ1) is 8.60. The Morgan fingerprint density at radius 1 is 1.00 bits per heavy atom. The van der Waals surface area contributed by atoms with Crippen LogP contribution >= 0.6 is 39.1 Å². The molecule has 0 heterocycles. The van der Waals surface area contributed by atoms with Gasteiger partial charge in [0.1, 0.15) is 6.07 Å². The summed E-state index contributed by atoms with van der Waals surface area (Å²) in [5, 5.41) is 13.4. The van der Waals surface area contributed by atoms with Crippen molar-refractivity contribution in [1.82, 2.24) is 0 Å². The van der Waals surface area contributed by atoms with E-state index in [2.05, 4.69) is 27.3 Å². The van der Waals surface area contributed by atoms with Crippen LogP contribution in [0.2, 0.25) is 10.0 Å². The van der Waals surface area contributed by atoms with Gasteiger partial charge in [0.05, 0.1) is 16.9 Å². The molecular weight excluding hydrogens is 335 g/mol. The maximum atomic E-state index is 9.04. The number of rotatable bonds is 2. The largest absolute Gasteiger partial charge is 0.353 e. The molecule has 0 bridgehead atoms. The van der Waals surface area contributed by atoms with Gasteiger partial charge in [-0.25, -0.2) is 0 Å². The van der Waals surface area contributed by atoms with Crippen molar-refractivity contribution in [3.8, 4) is 6.07 Å².